The van der Waals surface area contributed by atoms with Crippen LogP contribution in [0.4, 0.5) is 0 Å². The van der Waals surface area contributed by atoms with Gasteiger partial charge in [0.2, 0.25) is 10.0 Å². The van der Waals surface area contributed by atoms with E-state index in [2.05, 4.69) is 15.4 Å². The van der Waals surface area contributed by atoms with E-state index in [9.17, 15) is 13.2 Å². The maximum Gasteiger partial charge on any atom is 0.251 e. The van der Waals surface area contributed by atoms with Gasteiger partial charge < -0.3 is 20.1 Å². The molecule has 1 saturated carbocycles. The lowest BCUT2D eigenvalue weighted by molar-refractivity contribution is 0.0953. The number of amides is 1. The van der Waals surface area contributed by atoms with Gasteiger partial charge in [0.15, 0.2) is 0 Å². The Morgan fingerprint density at radius 3 is 2.54 bits per heavy atom. The Kier molecular flexibility index (Phi) is 9.31. The number of hydrogen-bond acceptors (Lipinski definition) is 6. The fraction of sp³-hybridized carbons (Fsp3) is 0.562. The minimum Gasteiger partial charge on any atom is -0.495 e. The molecule has 0 aromatic heterocycles. The molecule has 1 aromatic rings. The Morgan fingerprint density at radius 2 is 1.92 bits per heavy atom. The van der Waals surface area contributed by atoms with E-state index in [1.165, 1.54) is 19.2 Å². The summed E-state index contributed by atoms with van der Waals surface area (Å²) in [6.45, 7) is 2.32. The standard InChI is InChI=1S/C16H25N3O5S.ClH/c1-23-10-9-17-7-8-18-16(20)12-3-6-14(24-2)15(11-12)25(21,22)19-13-4-5-13;/h3,6,11,13,17,19H,4-5,7-10H2,1-2H3,(H,18,20);1H. The maximum atomic E-state index is 12.5. The molecule has 0 radical (unpaired) electrons. The molecule has 26 heavy (non-hydrogen) atoms. The maximum absolute atomic E-state index is 12.5. The first-order chi connectivity index (χ1) is 12.0. The zero-order chi connectivity index (χ0) is 18.3. The van der Waals surface area contributed by atoms with Gasteiger partial charge in [0.1, 0.15) is 10.6 Å². The Bertz CT molecular complexity index is 695. The average Bonchev–Trinajstić information content (AvgIpc) is 3.40. The van der Waals surface area contributed by atoms with Crippen LogP contribution in [0.25, 0.3) is 0 Å². The lowest BCUT2D eigenvalue weighted by atomic mass is 10.2. The summed E-state index contributed by atoms with van der Waals surface area (Å²) < 4.78 is 37.5. The lowest BCUT2D eigenvalue weighted by Gasteiger charge is -2.12. The highest BCUT2D eigenvalue weighted by Crippen LogP contribution is 2.28. The molecule has 3 N–H and O–H groups in total. The Morgan fingerprint density at radius 1 is 1.19 bits per heavy atom. The summed E-state index contributed by atoms with van der Waals surface area (Å²) in [6.07, 6.45) is 1.66. The molecule has 1 fully saturated rings. The fourth-order valence-corrected chi connectivity index (χ4v) is 3.68. The van der Waals surface area contributed by atoms with Crippen LogP contribution in [0.5, 0.6) is 5.75 Å². The summed E-state index contributed by atoms with van der Waals surface area (Å²) in [6, 6.07) is 4.36. The normalized spacial score (nSPS) is 13.8. The van der Waals surface area contributed by atoms with Crippen molar-refractivity contribution in [3.05, 3.63) is 23.8 Å². The molecule has 0 bridgehead atoms. The van der Waals surface area contributed by atoms with Crippen LogP contribution in [-0.2, 0) is 14.8 Å². The highest BCUT2D eigenvalue weighted by molar-refractivity contribution is 7.89. The third-order valence-electron chi connectivity index (χ3n) is 3.68. The first-order valence-electron chi connectivity index (χ1n) is 8.16. The van der Waals surface area contributed by atoms with Crippen LogP contribution in [0.1, 0.15) is 23.2 Å². The van der Waals surface area contributed by atoms with Crippen LogP contribution in [0.3, 0.4) is 0 Å². The van der Waals surface area contributed by atoms with Gasteiger partial charge in [0.05, 0.1) is 13.7 Å². The monoisotopic (exact) mass is 407 g/mol. The second kappa shape index (κ2) is 10.7. The first-order valence-corrected chi connectivity index (χ1v) is 9.64. The molecule has 1 aliphatic rings. The molecule has 0 heterocycles. The second-order valence-corrected chi connectivity index (χ2v) is 7.44. The zero-order valence-corrected chi connectivity index (χ0v) is 16.5. The Balaban J connectivity index is 0.00000338. The van der Waals surface area contributed by atoms with E-state index in [1.54, 1.807) is 13.2 Å². The summed E-state index contributed by atoms with van der Waals surface area (Å²) in [7, 11) is -0.691. The van der Waals surface area contributed by atoms with Gasteiger partial charge in [-0.1, -0.05) is 0 Å². The van der Waals surface area contributed by atoms with E-state index in [1.807, 2.05) is 0 Å². The number of benzene rings is 1. The molecule has 1 aliphatic carbocycles. The number of hydrogen-bond donors (Lipinski definition) is 3. The summed E-state index contributed by atoms with van der Waals surface area (Å²) in [5.41, 5.74) is 0.272. The molecule has 0 saturated heterocycles. The SMILES string of the molecule is COCCNCCNC(=O)c1ccc(OC)c(S(=O)(=O)NC2CC2)c1.Cl. The van der Waals surface area contributed by atoms with E-state index in [0.29, 0.717) is 26.2 Å². The zero-order valence-electron chi connectivity index (χ0n) is 14.9. The predicted octanol–water partition coefficient (Wildman–Crippen LogP) is 0.524. The number of nitrogens with one attached hydrogen (secondary N) is 3. The van der Waals surface area contributed by atoms with Crippen molar-refractivity contribution in [3.8, 4) is 5.75 Å². The average molecular weight is 408 g/mol. The number of carbonyl (C=O) groups is 1. The minimum absolute atomic E-state index is 0. The smallest absolute Gasteiger partial charge is 0.251 e. The second-order valence-electron chi connectivity index (χ2n) is 5.76. The summed E-state index contributed by atoms with van der Waals surface area (Å²) in [5.74, 6) is -0.120. The van der Waals surface area contributed by atoms with Crippen LogP contribution >= 0.6 is 12.4 Å². The fourth-order valence-electron chi connectivity index (χ4n) is 2.18. The van der Waals surface area contributed by atoms with Crippen LogP contribution in [-0.4, -0.2) is 60.8 Å². The van der Waals surface area contributed by atoms with Gasteiger partial charge in [-0.05, 0) is 31.0 Å². The van der Waals surface area contributed by atoms with Crippen molar-refractivity contribution in [1.29, 1.82) is 0 Å². The molecule has 0 aliphatic heterocycles. The van der Waals surface area contributed by atoms with Crippen molar-refractivity contribution in [1.82, 2.24) is 15.4 Å². The molecule has 0 spiro atoms. The highest BCUT2D eigenvalue weighted by Gasteiger charge is 2.30. The summed E-state index contributed by atoms with van der Waals surface area (Å²) in [5, 5.41) is 5.86. The van der Waals surface area contributed by atoms with E-state index in [-0.39, 0.29) is 40.6 Å². The third kappa shape index (κ3) is 6.73. The predicted molar refractivity (Wildman–Crippen MR) is 101 cm³/mol. The topological polar surface area (TPSA) is 106 Å². The largest absolute Gasteiger partial charge is 0.495 e. The van der Waals surface area contributed by atoms with Gasteiger partial charge in [-0.2, -0.15) is 0 Å². The molecule has 10 heteroatoms. The number of rotatable bonds is 11. The molecular weight excluding hydrogens is 382 g/mol. The Labute approximate surface area is 160 Å². The number of sulfonamides is 1. The van der Waals surface area contributed by atoms with E-state index in [4.69, 9.17) is 9.47 Å². The third-order valence-corrected chi connectivity index (χ3v) is 5.23. The summed E-state index contributed by atoms with van der Waals surface area (Å²) >= 11 is 0. The quantitative estimate of drug-likeness (QED) is 0.462. The van der Waals surface area contributed by atoms with Crippen molar-refractivity contribution in [2.24, 2.45) is 0 Å². The van der Waals surface area contributed by atoms with Gasteiger partial charge in [-0.25, -0.2) is 13.1 Å². The number of halogens is 1. The minimum atomic E-state index is -3.71. The number of carbonyl (C=O) groups excluding carboxylic acids is 1. The van der Waals surface area contributed by atoms with E-state index < -0.39 is 10.0 Å². The van der Waals surface area contributed by atoms with Crippen molar-refractivity contribution < 1.29 is 22.7 Å². The number of ether oxygens (including phenoxy) is 2. The molecule has 148 valence electrons. The highest BCUT2D eigenvalue weighted by atomic mass is 35.5. The Hall–Kier alpha value is -1.39. The van der Waals surface area contributed by atoms with E-state index >= 15 is 0 Å². The van der Waals surface area contributed by atoms with Crippen molar-refractivity contribution in [2.45, 2.75) is 23.8 Å². The molecule has 0 unspecified atom stereocenters. The molecule has 1 aromatic carbocycles. The molecule has 0 atom stereocenters. The van der Waals surface area contributed by atoms with Crippen molar-refractivity contribution in [3.63, 3.8) is 0 Å². The van der Waals surface area contributed by atoms with Crippen molar-refractivity contribution in [2.75, 3.05) is 40.5 Å². The summed E-state index contributed by atoms with van der Waals surface area (Å²) in [4.78, 5) is 12.2. The molecular formula is C16H26ClN3O5S. The van der Waals surface area contributed by atoms with Gasteiger partial charge in [-0.15, -0.1) is 12.4 Å². The molecule has 2 rings (SSSR count). The van der Waals surface area contributed by atoms with E-state index in [0.717, 1.165) is 12.8 Å². The lowest BCUT2D eigenvalue weighted by Crippen LogP contribution is -2.33. The van der Waals surface area contributed by atoms with Gasteiger partial charge in [0, 0.05) is 38.3 Å². The molecule has 8 nitrogen and oxygen atoms in total. The van der Waals surface area contributed by atoms with Crippen LogP contribution in [0.15, 0.2) is 23.1 Å². The first kappa shape index (κ1) is 22.7. The van der Waals surface area contributed by atoms with Gasteiger partial charge in [-0.3, -0.25) is 4.79 Å². The van der Waals surface area contributed by atoms with Crippen molar-refractivity contribution >= 4 is 28.3 Å². The molecule has 1 amide bonds. The van der Waals surface area contributed by atoms with Crippen LogP contribution in [0.2, 0.25) is 0 Å². The van der Waals surface area contributed by atoms with Gasteiger partial charge >= 0.3 is 0 Å². The van der Waals surface area contributed by atoms with Gasteiger partial charge in [0.25, 0.3) is 5.91 Å². The van der Waals surface area contributed by atoms with Crippen LogP contribution < -0.4 is 20.1 Å². The van der Waals surface area contributed by atoms with Crippen LogP contribution in [0, 0.1) is 0 Å². The number of methoxy groups -OCH3 is 2.